The van der Waals surface area contributed by atoms with Gasteiger partial charge in [-0.25, -0.2) is 4.39 Å². The van der Waals surface area contributed by atoms with Gasteiger partial charge >= 0.3 is 0 Å². The Morgan fingerprint density at radius 1 is 1.09 bits per heavy atom. The van der Waals surface area contributed by atoms with Crippen LogP contribution in [0.1, 0.15) is 26.8 Å². The van der Waals surface area contributed by atoms with Crippen molar-refractivity contribution < 1.29 is 28.6 Å². The van der Waals surface area contributed by atoms with Crippen molar-refractivity contribution in [2.45, 2.75) is 12.5 Å². The van der Waals surface area contributed by atoms with Crippen molar-refractivity contribution >= 4 is 23.0 Å². The SMILES string of the molecule is COc1ccc(CCN2C(=O)C(O)=C(C(=O)c3cccs3)[C@@H]2c2cccc(F)c2)cc1OC. The van der Waals surface area contributed by atoms with Crippen molar-refractivity contribution in [1.29, 1.82) is 0 Å². The fourth-order valence-corrected chi connectivity index (χ4v) is 4.64. The van der Waals surface area contributed by atoms with E-state index < -0.39 is 29.3 Å². The third kappa shape index (κ3) is 4.34. The Balaban J connectivity index is 1.68. The molecule has 6 nitrogen and oxygen atoms in total. The summed E-state index contributed by atoms with van der Waals surface area (Å²) in [5, 5.41) is 12.4. The number of amides is 1. The molecule has 2 heterocycles. The molecule has 1 aliphatic rings. The lowest BCUT2D eigenvalue weighted by Crippen LogP contribution is -2.33. The Morgan fingerprint density at radius 3 is 2.55 bits per heavy atom. The van der Waals surface area contributed by atoms with E-state index >= 15 is 0 Å². The number of rotatable bonds is 8. The molecule has 0 bridgehead atoms. The zero-order chi connectivity index (χ0) is 23.5. The van der Waals surface area contributed by atoms with Gasteiger partial charge in [0.15, 0.2) is 17.3 Å². The molecule has 8 heteroatoms. The van der Waals surface area contributed by atoms with E-state index in [1.165, 1.54) is 41.5 Å². The molecule has 1 amide bonds. The maximum atomic E-state index is 14.1. The topological polar surface area (TPSA) is 76.1 Å². The maximum Gasteiger partial charge on any atom is 0.290 e. The minimum atomic E-state index is -0.900. The van der Waals surface area contributed by atoms with Crippen LogP contribution in [0.3, 0.4) is 0 Å². The molecule has 0 saturated carbocycles. The highest BCUT2D eigenvalue weighted by Gasteiger charge is 2.43. The molecule has 1 atom stereocenters. The average Bonchev–Trinajstić information content (AvgIpc) is 3.45. The summed E-state index contributed by atoms with van der Waals surface area (Å²) in [4.78, 5) is 28.0. The first kappa shape index (κ1) is 22.5. The first-order chi connectivity index (χ1) is 15.9. The lowest BCUT2D eigenvalue weighted by Gasteiger charge is -2.27. The summed E-state index contributed by atoms with van der Waals surface area (Å²) in [5.41, 5.74) is 1.25. The number of Topliss-reactive ketones (excluding diaryl/α,β-unsaturated/α-hetero) is 1. The second-order valence-electron chi connectivity index (χ2n) is 7.46. The number of carbonyl (C=O) groups is 2. The van der Waals surface area contributed by atoms with Crippen LogP contribution in [0.25, 0.3) is 0 Å². The number of methoxy groups -OCH3 is 2. The second-order valence-corrected chi connectivity index (χ2v) is 8.41. The average molecular weight is 468 g/mol. The molecule has 2 aromatic carbocycles. The molecule has 0 fully saturated rings. The number of aliphatic hydroxyl groups is 1. The van der Waals surface area contributed by atoms with Crippen LogP contribution < -0.4 is 9.47 Å². The monoisotopic (exact) mass is 467 g/mol. The Kier molecular flexibility index (Phi) is 6.46. The Hall–Kier alpha value is -3.65. The van der Waals surface area contributed by atoms with E-state index in [0.29, 0.717) is 28.4 Å². The van der Waals surface area contributed by atoms with E-state index in [1.807, 2.05) is 12.1 Å². The molecule has 0 saturated heterocycles. The van der Waals surface area contributed by atoms with Crippen LogP contribution in [-0.4, -0.2) is 42.5 Å². The molecule has 170 valence electrons. The van der Waals surface area contributed by atoms with Gasteiger partial charge in [-0.15, -0.1) is 11.3 Å². The third-order valence-electron chi connectivity index (χ3n) is 5.55. The van der Waals surface area contributed by atoms with E-state index in [2.05, 4.69) is 0 Å². The summed E-state index contributed by atoms with van der Waals surface area (Å²) in [6.45, 7) is 0.195. The Labute approximate surface area is 194 Å². The van der Waals surface area contributed by atoms with Crippen molar-refractivity contribution in [3.05, 3.63) is 93.1 Å². The van der Waals surface area contributed by atoms with Gasteiger partial charge in [0.1, 0.15) is 5.82 Å². The molecule has 3 aromatic rings. The molecule has 0 radical (unpaired) electrons. The number of hydrogen-bond acceptors (Lipinski definition) is 6. The van der Waals surface area contributed by atoms with Crippen molar-refractivity contribution in [1.82, 2.24) is 4.90 Å². The largest absolute Gasteiger partial charge is 0.503 e. The second kappa shape index (κ2) is 9.46. The van der Waals surface area contributed by atoms with Crippen LogP contribution in [0.4, 0.5) is 4.39 Å². The molecule has 4 rings (SSSR count). The van der Waals surface area contributed by atoms with Crippen molar-refractivity contribution in [2.24, 2.45) is 0 Å². The number of thiophene rings is 1. The lowest BCUT2D eigenvalue weighted by molar-refractivity contribution is -0.129. The van der Waals surface area contributed by atoms with E-state index in [9.17, 15) is 19.1 Å². The first-order valence-corrected chi connectivity index (χ1v) is 11.1. The standard InChI is InChI=1S/C25H22FNO5S/c1-31-18-9-8-15(13-19(18)32-2)10-11-27-22(16-5-3-6-17(26)14-16)21(24(29)25(27)30)23(28)20-7-4-12-33-20/h3-9,12-14,22,29H,10-11H2,1-2H3/t22-/m0/s1. The molecule has 33 heavy (non-hydrogen) atoms. The quantitative estimate of drug-likeness (QED) is 0.485. The lowest BCUT2D eigenvalue weighted by atomic mass is 9.95. The number of ketones is 1. The van der Waals surface area contributed by atoms with Crippen LogP contribution in [0.5, 0.6) is 11.5 Å². The molecule has 0 spiro atoms. The van der Waals surface area contributed by atoms with Gasteiger partial charge in [-0.1, -0.05) is 24.3 Å². The number of ether oxygens (including phenoxy) is 2. The van der Waals surface area contributed by atoms with Crippen LogP contribution in [0, 0.1) is 5.82 Å². The summed E-state index contributed by atoms with van der Waals surface area (Å²) in [6, 6.07) is 13.6. The maximum absolute atomic E-state index is 14.1. The fraction of sp³-hybridized carbons (Fsp3) is 0.200. The fourth-order valence-electron chi connectivity index (χ4n) is 3.97. The number of hydrogen-bond donors (Lipinski definition) is 1. The smallest absolute Gasteiger partial charge is 0.290 e. The molecular formula is C25H22FNO5S. The molecule has 0 unspecified atom stereocenters. The summed E-state index contributed by atoms with van der Waals surface area (Å²) < 4.78 is 24.7. The van der Waals surface area contributed by atoms with Gasteiger partial charge in [0, 0.05) is 6.54 Å². The molecule has 1 aliphatic heterocycles. The van der Waals surface area contributed by atoms with Gasteiger partial charge in [0.25, 0.3) is 5.91 Å². The number of halogens is 1. The van der Waals surface area contributed by atoms with E-state index in [-0.39, 0.29) is 12.1 Å². The van der Waals surface area contributed by atoms with Gasteiger partial charge in [-0.3, -0.25) is 9.59 Å². The van der Waals surface area contributed by atoms with Crippen molar-refractivity contribution in [2.75, 3.05) is 20.8 Å². The number of nitrogens with zero attached hydrogens (tertiary/aromatic N) is 1. The Morgan fingerprint density at radius 2 is 1.88 bits per heavy atom. The van der Waals surface area contributed by atoms with Crippen molar-refractivity contribution in [3.8, 4) is 11.5 Å². The van der Waals surface area contributed by atoms with Crippen LogP contribution in [0.15, 0.2) is 71.3 Å². The van der Waals surface area contributed by atoms with Gasteiger partial charge in [-0.2, -0.15) is 0 Å². The van der Waals surface area contributed by atoms with Gasteiger partial charge in [0.2, 0.25) is 5.78 Å². The third-order valence-corrected chi connectivity index (χ3v) is 6.42. The van der Waals surface area contributed by atoms with E-state index in [1.54, 1.807) is 36.8 Å². The van der Waals surface area contributed by atoms with E-state index in [4.69, 9.17) is 9.47 Å². The van der Waals surface area contributed by atoms with Gasteiger partial charge in [-0.05, 0) is 53.3 Å². The highest BCUT2D eigenvalue weighted by molar-refractivity contribution is 7.12. The van der Waals surface area contributed by atoms with Gasteiger partial charge < -0.3 is 19.5 Å². The van der Waals surface area contributed by atoms with Gasteiger partial charge in [0.05, 0.1) is 30.7 Å². The summed E-state index contributed by atoms with van der Waals surface area (Å²) in [6.07, 6.45) is 0.422. The first-order valence-electron chi connectivity index (χ1n) is 10.2. The minimum Gasteiger partial charge on any atom is -0.503 e. The zero-order valence-electron chi connectivity index (χ0n) is 18.1. The number of carbonyl (C=O) groups excluding carboxylic acids is 2. The van der Waals surface area contributed by atoms with E-state index in [0.717, 1.165) is 5.56 Å². The summed E-state index contributed by atoms with van der Waals surface area (Å²) in [5.74, 6) is -1.06. The normalized spacial score (nSPS) is 15.8. The molecule has 0 aliphatic carbocycles. The highest BCUT2D eigenvalue weighted by atomic mass is 32.1. The molecular weight excluding hydrogens is 445 g/mol. The predicted molar refractivity (Wildman–Crippen MR) is 122 cm³/mol. The number of aliphatic hydroxyl groups excluding tert-OH is 1. The molecule has 1 N–H and O–H groups in total. The number of benzene rings is 2. The summed E-state index contributed by atoms with van der Waals surface area (Å²) >= 11 is 1.22. The summed E-state index contributed by atoms with van der Waals surface area (Å²) in [7, 11) is 3.08. The van der Waals surface area contributed by atoms with Crippen LogP contribution >= 0.6 is 11.3 Å². The predicted octanol–water partition coefficient (Wildman–Crippen LogP) is 4.73. The zero-order valence-corrected chi connectivity index (χ0v) is 18.9. The van der Waals surface area contributed by atoms with Crippen molar-refractivity contribution in [3.63, 3.8) is 0 Å². The molecule has 1 aromatic heterocycles. The highest BCUT2D eigenvalue weighted by Crippen LogP contribution is 2.40. The van der Waals surface area contributed by atoms with Crippen LogP contribution in [-0.2, 0) is 11.2 Å². The minimum absolute atomic E-state index is 0.0413. The van der Waals surface area contributed by atoms with Crippen LogP contribution in [0.2, 0.25) is 0 Å². The Bertz CT molecular complexity index is 1220.